The van der Waals surface area contributed by atoms with Crippen LogP contribution < -0.4 is 9.62 Å². The minimum Gasteiger partial charge on any atom is -0.354 e. The monoisotopic (exact) mass is 609 g/mol. The van der Waals surface area contributed by atoms with Crippen LogP contribution in [0.15, 0.2) is 77.7 Å². The number of carbonyl (C=O) groups excluding carboxylic acids is 2. The van der Waals surface area contributed by atoms with Gasteiger partial charge in [-0.2, -0.15) is 0 Å². The fourth-order valence-electron chi connectivity index (χ4n) is 3.80. The van der Waals surface area contributed by atoms with Crippen LogP contribution in [-0.2, 0) is 26.2 Å². The molecule has 2 amide bonds. The number of rotatable bonds is 11. The Hall–Kier alpha value is -2.78. The van der Waals surface area contributed by atoms with Crippen LogP contribution in [0.2, 0.25) is 15.1 Å². The van der Waals surface area contributed by atoms with Crippen molar-refractivity contribution >= 4 is 62.3 Å². The molecule has 0 heterocycles. The molecule has 0 aliphatic rings. The highest BCUT2D eigenvalue weighted by Gasteiger charge is 2.32. The third-order valence-corrected chi connectivity index (χ3v) is 8.30. The highest BCUT2D eigenvalue weighted by Crippen LogP contribution is 2.30. The van der Waals surface area contributed by atoms with E-state index in [1.54, 1.807) is 49.4 Å². The molecular weight excluding hydrogens is 581 g/mol. The van der Waals surface area contributed by atoms with E-state index in [1.807, 2.05) is 13.8 Å². The van der Waals surface area contributed by atoms with Gasteiger partial charge in [0, 0.05) is 28.2 Å². The van der Waals surface area contributed by atoms with E-state index in [2.05, 4.69) is 5.32 Å². The SMILES string of the molecule is CC(C)CNC(=O)[C@H](C)N(Cc1cccc(Cl)c1)C(=O)CN(c1cc(Cl)cc(Cl)c1)S(=O)(=O)c1ccccc1. The van der Waals surface area contributed by atoms with E-state index in [9.17, 15) is 18.0 Å². The molecule has 3 rings (SSSR count). The zero-order valence-electron chi connectivity index (χ0n) is 21.8. The van der Waals surface area contributed by atoms with E-state index in [1.165, 1.54) is 35.2 Å². The minimum atomic E-state index is -4.22. The molecule has 39 heavy (non-hydrogen) atoms. The zero-order valence-corrected chi connectivity index (χ0v) is 24.9. The van der Waals surface area contributed by atoms with Gasteiger partial charge in [0.2, 0.25) is 11.8 Å². The molecule has 0 radical (unpaired) electrons. The number of carbonyl (C=O) groups is 2. The molecule has 7 nitrogen and oxygen atoms in total. The number of halogens is 3. The van der Waals surface area contributed by atoms with E-state index in [0.717, 1.165) is 4.31 Å². The number of sulfonamides is 1. The van der Waals surface area contributed by atoms with Crippen molar-refractivity contribution in [3.8, 4) is 0 Å². The number of hydrogen-bond acceptors (Lipinski definition) is 4. The van der Waals surface area contributed by atoms with Gasteiger partial charge < -0.3 is 10.2 Å². The third kappa shape index (κ3) is 8.35. The summed E-state index contributed by atoms with van der Waals surface area (Å²) in [4.78, 5) is 28.2. The lowest BCUT2D eigenvalue weighted by Gasteiger charge is -2.32. The van der Waals surface area contributed by atoms with Crippen molar-refractivity contribution in [2.24, 2.45) is 5.92 Å². The first kappa shape index (κ1) is 30.8. The van der Waals surface area contributed by atoms with Crippen molar-refractivity contribution < 1.29 is 18.0 Å². The summed E-state index contributed by atoms with van der Waals surface area (Å²) in [5.41, 5.74) is 0.798. The molecule has 0 saturated carbocycles. The molecule has 0 fully saturated rings. The van der Waals surface area contributed by atoms with Crippen LogP contribution in [0.4, 0.5) is 5.69 Å². The largest absolute Gasteiger partial charge is 0.354 e. The highest BCUT2D eigenvalue weighted by atomic mass is 35.5. The molecule has 0 bridgehead atoms. The van der Waals surface area contributed by atoms with Gasteiger partial charge in [0.25, 0.3) is 10.0 Å². The van der Waals surface area contributed by atoms with Gasteiger partial charge in [0.05, 0.1) is 10.6 Å². The second kappa shape index (κ2) is 13.5. The van der Waals surface area contributed by atoms with E-state index in [4.69, 9.17) is 34.8 Å². The maximum atomic E-state index is 13.9. The van der Waals surface area contributed by atoms with Gasteiger partial charge in [-0.1, -0.05) is 79.0 Å². The average molecular weight is 611 g/mol. The Labute approximate surface area is 244 Å². The van der Waals surface area contributed by atoms with Gasteiger partial charge in [-0.05, 0) is 60.9 Å². The molecule has 0 unspecified atom stereocenters. The first-order valence-corrected chi connectivity index (χ1v) is 14.8. The average Bonchev–Trinajstić information content (AvgIpc) is 2.88. The first-order valence-electron chi connectivity index (χ1n) is 12.2. The molecule has 208 valence electrons. The van der Waals surface area contributed by atoms with Crippen molar-refractivity contribution in [2.45, 2.75) is 38.3 Å². The lowest BCUT2D eigenvalue weighted by molar-refractivity contribution is -0.139. The Bertz CT molecular complexity index is 1400. The molecule has 0 saturated heterocycles. The summed E-state index contributed by atoms with van der Waals surface area (Å²) in [6.07, 6.45) is 0. The highest BCUT2D eigenvalue weighted by molar-refractivity contribution is 7.92. The maximum Gasteiger partial charge on any atom is 0.264 e. The summed E-state index contributed by atoms with van der Waals surface area (Å²) in [5.74, 6) is -0.752. The number of benzene rings is 3. The van der Waals surface area contributed by atoms with Crippen LogP contribution >= 0.6 is 34.8 Å². The molecule has 0 spiro atoms. The van der Waals surface area contributed by atoms with Crippen LogP contribution in [0.25, 0.3) is 0 Å². The molecule has 0 aliphatic carbocycles. The number of anilines is 1. The summed E-state index contributed by atoms with van der Waals surface area (Å²) in [5, 5.41) is 3.72. The molecule has 0 aromatic heterocycles. The van der Waals surface area contributed by atoms with Crippen molar-refractivity contribution in [3.63, 3.8) is 0 Å². The summed E-state index contributed by atoms with van der Waals surface area (Å²) in [7, 11) is -4.22. The number of nitrogens with zero attached hydrogens (tertiary/aromatic N) is 2. The van der Waals surface area contributed by atoms with Gasteiger partial charge in [0.15, 0.2) is 0 Å². The Kier molecular flexibility index (Phi) is 10.7. The molecule has 1 N–H and O–H groups in total. The number of nitrogens with one attached hydrogen (secondary N) is 1. The standard InChI is InChI=1S/C28H30Cl3N3O4S/c1-19(2)16-32-28(36)20(3)33(17-21-8-7-9-22(29)12-21)27(35)18-34(25-14-23(30)13-24(31)15-25)39(37,38)26-10-5-4-6-11-26/h4-15,19-20H,16-18H2,1-3H3,(H,32,36)/t20-/m0/s1. The first-order chi connectivity index (χ1) is 18.4. The van der Waals surface area contributed by atoms with E-state index in [-0.39, 0.29) is 39.0 Å². The Morgan fingerprint density at radius 3 is 2.08 bits per heavy atom. The van der Waals surface area contributed by atoms with Crippen LogP contribution in [0.1, 0.15) is 26.3 Å². The van der Waals surface area contributed by atoms with Gasteiger partial charge in [-0.3, -0.25) is 13.9 Å². The topological polar surface area (TPSA) is 86.8 Å². The fourth-order valence-corrected chi connectivity index (χ4v) is 5.95. The van der Waals surface area contributed by atoms with Crippen LogP contribution in [-0.4, -0.2) is 44.3 Å². The smallest absolute Gasteiger partial charge is 0.264 e. The minimum absolute atomic E-state index is 0.0157. The summed E-state index contributed by atoms with van der Waals surface area (Å²) in [6, 6.07) is 18.0. The van der Waals surface area contributed by atoms with Gasteiger partial charge in [-0.25, -0.2) is 8.42 Å². The second-order valence-electron chi connectivity index (χ2n) is 9.42. The zero-order chi connectivity index (χ0) is 28.7. The lowest BCUT2D eigenvalue weighted by Crippen LogP contribution is -2.51. The van der Waals surface area contributed by atoms with Crippen LogP contribution in [0.3, 0.4) is 0 Å². The summed E-state index contributed by atoms with van der Waals surface area (Å²) in [6.45, 7) is 5.38. The van der Waals surface area contributed by atoms with Crippen molar-refractivity contribution in [2.75, 3.05) is 17.4 Å². The maximum absolute atomic E-state index is 13.9. The van der Waals surface area contributed by atoms with E-state index >= 15 is 0 Å². The fraction of sp³-hybridized carbons (Fsp3) is 0.286. The molecule has 0 aliphatic heterocycles. The second-order valence-corrected chi connectivity index (χ2v) is 12.6. The van der Waals surface area contributed by atoms with Gasteiger partial charge >= 0.3 is 0 Å². The number of amides is 2. The lowest BCUT2D eigenvalue weighted by atomic mass is 10.1. The predicted molar refractivity (Wildman–Crippen MR) is 157 cm³/mol. The predicted octanol–water partition coefficient (Wildman–Crippen LogP) is 6.03. The normalized spacial score (nSPS) is 12.2. The quantitative estimate of drug-likeness (QED) is 0.287. The summed E-state index contributed by atoms with van der Waals surface area (Å²) < 4.78 is 28.5. The summed E-state index contributed by atoms with van der Waals surface area (Å²) >= 11 is 18.6. The van der Waals surface area contributed by atoms with E-state index in [0.29, 0.717) is 17.1 Å². The van der Waals surface area contributed by atoms with Crippen LogP contribution in [0, 0.1) is 5.92 Å². The number of hydrogen-bond donors (Lipinski definition) is 1. The van der Waals surface area contributed by atoms with Gasteiger partial charge in [0.1, 0.15) is 12.6 Å². The molecule has 3 aromatic rings. The van der Waals surface area contributed by atoms with Crippen molar-refractivity contribution in [1.82, 2.24) is 10.2 Å². The van der Waals surface area contributed by atoms with Crippen molar-refractivity contribution in [3.05, 3.63) is 93.4 Å². The Morgan fingerprint density at radius 1 is 0.846 bits per heavy atom. The van der Waals surface area contributed by atoms with Crippen LogP contribution in [0.5, 0.6) is 0 Å². The Morgan fingerprint density at radius 2 is 1.49 bits per heavy atom. The van der Waals surface area contributed by atoms with Gasteiger partial charge in [-0.15, -0.1) is 0 Å². The Balaban J connectivity index is 2.03. The van der Waals surface area contributed by atoms with Crippen molar-refractivity contribution in [1.29, 1.82) is 0 Å². The molecule has 3 aromatic carbocycles. The van der Waals surface area contributed by atoms with E-state index < -0.39 is 28.5 Å². The molecular formula is C28H30Cl3N3O4S. The third-order valence-electron chi connectivity index (χ3n) is 5.84. The molecule has 11 heteroatoms. The molecule has 1 atom stereocenters.